The van der Waals surface area contributed by atoms with Gasteiger partial charge in [0.25, 0.3) is 5.22 Å². The number of hydrogen-bond donors (Lipinski definition) is 0. The van der Waals surface area contributed by atoms with Crippen molar-refractivity contribution in [1.82, 2.24) is 15.1 Å². The molecule has 1 saturated heterocycles. The minimum absolute atomic E-state index is 0.115. The Hall–Kier alpha value is -2.22. The zero-order valence-electron chi connectivity index (χ0n) is 15.2. The van der Waals surface area contributed by atoms with Gasteiger partial charge in [-0.2, -0.15) is 0 Å². The summed E-state index contributed by atoms with van der Waals surface area (Å²) in [6, 6.07) is 5.36. The van der Waals surface area contributed by atoms with Crippen molar-refractivity contribution in [3.8, 4) is 23.0 Å². The first-order chi connectivity index (χ1) is 12.6. The van der Waals surface area contributed by atoms with E-state index in [1.54, 1.807) is 32.4 Å². The molecule has 1 amide bonds. The molecule has 140 valence electrons. The number of carbonyl (C=O) groups is 1. The van der Waals surface area contributed by atoms with Crippen LogP contribution in [0.4, 0.5) is 0 Å². The van der Waals surface area contributed by atoms with E-state index in [-0.39, 0.29) is 5.91 Å². The van der Waals surface area contributed by atoms with Crippen LogP contribution in [0.15, 0.2) is 27.8 Å². The predicted octanol–water partition coefficient (Wildman–Crippen LogP) is 3.10. The summed E-state index contributed by atoms with van der Waals surface area (Å²) in [5.74, 6) is 2.63. The monoisotopic (exact) mass is 377 g/mol. The van der Waals surface area contributed by atoms with Crippen LogP contribution in [0.25, 0.3) is 11.5 Å². The molecule has 1 atom stereocenters. The molecule has 0 bridgehead atoms. The fourth-order valence-corrected chi connectivity index (χ4v) is 3.61. The van der Waals surface area contributed by atoms with E-state index < -0.39 is 0 Å². The number of thioether (sulfide) groups is 1. The number of nitrogens with zero attached hydrogens (tertiary/aromatic N) is 3. The maximum absolute atomic E-state index is 12.3. The molecule has 0 radical (unpaired) electrons. The lowest BCUT2D eigenvalue weighted by molar-refractivity contribution is -0.130. The van der Waals surface area contributed by atoms with Gasteiger partial charge in [-0.1, -0.05) is 18.7 Å². The number of piperidine rings is 1. The summed E-state index contributed by atoms with van der Waals surface area (Å²) in [5.41, 5.74) is 0.705. The number of likely N-dealkylation sites (tertiary alicyclic amines) is 1. The minimum Gasteiger partial charge on any atom is -0.497 e. The maximum Gasteiger partial charge on any atom is 0.277 e. The number of aromatic nitrogens is 2. The Morgan fingerprint density at radius 2 is 2.00 bits per heavy atom. The van der Waals surface area contributed by atoms with Crippen LogP contribution in [0.3, 0.4) is 0 Å². The molecule has 2 aromatic rings. The first-order valence-electron chi connectivity index (χ1n) is 8.56. The highest BCUT2D eigenvalue weighted by molar-refractivity contribution is 7.99. The van der Waals surface area contributed by atoms with Gasteiger partial charge in [0.15, 0.2) is 0 Å². The summed E-state index contributed by atoms with van der Waals surface area (Å²) >= 11 is 1.26. The third-order valence-electron chi connectivity index (χ3n) is 4.33. The molecule has 0 unspecified atom stereocenters. The zero-order valence-corrected chi connectivity index (χ0v) is 16.0. The van der Waals surface area contributed by atoms with Gasteiger partial charge in [0, 0.05) is 24.7 Å². The van der Waals surface area contributed by atoms with Gasteiger partial charge in [0.2, 0.25) is 11.8 Å². The standard InChI is InChI=1S/C18H23N3O4S/c1-12-5-4-6-21(10-12)16(22)11-26-18-20-19-17(25-18)13-7-14(23-2)9-15(8-13)24-3/h7-9,12H,4-6,10-11H2,1-3H3/t12-/m0/s1. The second-order valence-electron chi connectivity index (χ2n) is 6.35. The van der Waals surface area contributed by atoms with Gasteiger partial charge in [-0.3, -0.25) is 4.79 Å². The molecule has 2 heterocycles. The van der Waals surface area contributed by atoms with Crippen LogP contribution in [0.1, 0.15) is 19.8 Å². The Kier molecular flexibility index (Phi) is 6.03. The number of carbonyl (C=O) groups excluding carboxylic acids is 1. The van der Waals surface area contributed by atoms with E-state index in [0.29, 0.717) is 39.8 Å². The van der Waals surface area contributed by atoms with E-state index in [1.165, 1.54) is 18.2 Å². The van der Waals surface area contributed by atoms with Crippen molar-refractivity contribution in [2.24, 2.45) is 5.92 Å². The lowest BCUT2D eigenvalue weighted by Crippen LogP contribution is -2.40. The van der Waals surface area contributed by atoms with Crippen molar-refractivity contribution in [3.05, 3.63) is 18.2 Å². The fourth-order valence-electron chi connectivity index (χ4n) is 2.95. The van der Waals surface area contributed by atoms with Crippen LogP contribution in [-0.4, -0.2) is 54.1 Å². The lowest BCUT2D eigenvalue weighted by Gasteiger charge is -2.30. The van der Waals surface area contributed by atoms with Gasteiger partial charge in [-0.15, -0.1) is 10.2 Å². The molecular weight excluding hydrogens is 354 g/mol. The molecule has 26 heavy (non-hydrogen) atoms. The zero-order chi connectivity index (χ0) is 18.5. The number of hydrogen-bond acceptors (Lipinski definition) is 7. The SMILES string of the molecule is COc1cc(OC)cc(-c2nnc(SCC(=O)N3CCC[C@H](C)C3)o2)c1. The number of amides is 1. The molecule has 8 heteroatoms. The quantitative estimate of drug-likeness (QED) is 0.716. The van der Waals surface area contributed by atoms with Crippen molar-refractivity contribution in [2.75, 3.05) is 33.1 Å². The molecule has 1 aromatic heterocycles. The summed E-state index contributed by atoms with van der Waals surface area (Å²) in [7, 11) is 3.17. The summed E-state index contributed by atoms with van der Waals surface area (Å²) < 4.78 is 16.2. The Balaban J connectivity index is 1.64. The van der Waals surface area contributed by atoms with Crippen molar-refractivity contribution < 1.29 is 18.7 Å². The summed E-state index contributed by atoms with van der Waals surface area (Å²) in [6.07, 6.45) is 2.26. The van der Waals surface area contributed by atoms with Gasteiger partial charge >= 0.3 is 0 Å². The molecule has 1 fully saturated rings. The molecule has 0 N–H and O–H groups in total. The van der Waals surface area contributed by atoms with Gasteiger partial charge in [0.05, 0.1) is 20.0 Å². The van der Waals surface area contributed by atoms with Crippen LogP contribution in [0, 0.1) is 5.92 Å². The van der Waals surface area contributed by atoms with Gasteiger partial charge in [-0.05, 0) is 30.9 Å². The summed E-state index contributed by atoms with van der Waals surface area (Å²) in [4.78, 5) is 14.3. The van der Waals surface area contributed by atoms with Gasteiger partial charge < -0.3 is 18.8 Å². The second-order valence-corrected chi connectivity index (χ2v) is 7.28. The van der Waals surface area contributed by atoms with E-state index in [0.717, 1.165) is 19.5 Å². The number of benzene rings is 1. The average molecular weight is 377 g/mol. The van der Waals surface area contributed by atoms with Gasteiger partial charge in [-0.25, -0.2) is 0 Å². The van der Waals surface area contributed by atoms with Crippen molar-refractivity contribution >= 4 is 17.7 Å². The normalized spacial score (nSPS) is 17.2. The molecule has 0 spiro atoms. The van der Waals surface area contributed by atoms with E-state index >= 15 is 0 Å². The molecule has 1 aliphatic heterocycles. The minimum atomic E-state index is 0.115. The van der Waals surface area contributed by atoms with Crippen LogP contribution in [-0.2, 0) is 4.79 Å². The van der Waals surface area contributed by atoms with Crippen LogP contribution < -0.4 is 9.47 Å². The fraction of sp³-hybridized carbons (Fsp3) is 0.500. The predicted molar refractivity (Wildman–Crippen MR) is 98.5 cm³/mol. The number of ether oxygens (including phenoxy) is 2. The van der Waals surface area contributed by atoms with Crippen molar-refractivity contribution in [2.45, 2.75) is 25.0 Å². The number of rotatable bonds is 6. The first kappa shape index (κ1) is 18.6. The molecule has 0 saturated carbocycles. The van der Waals surface area contributed by atoms with Crippen LogP contribution in [0.2, 0.25) is 0 Å². The first-order valence-corrected chi connectivity index (χ1v) is 9.55. The molecule has 1 aromatic carbocycles. The Bertz CT molecular complexity index is 742. The van der Waals surface area contributed by atoms with Crippen molar-refractivity contribution in [3.63, 3.8) is 0 Å². The summed E-state index contributed by atoms with van der Waals surface area (Å²) in [6.45, 7) is 3.85. The summed E-state index contributed by atoms with van der Waals surface area (Å²) in [5, 5.41) is 8.47. The molecule has 0 aliphatic carbocycles. The molecule has 7 nitrogen and oxygen atoms in total. The van der Waals surface area contributed by atoms with E-state index in [2.05, 4.69) is 17.1 Å². The molecule has 1 aliphatic rings. The van der Waals surface area contributed by atoms with Crippen molar-refractivity contribution in [1.29, 1.82) is 0 Å². The third-order valence-corrected chi connectivity index (χ3v) is 5.14. The molecular formula is C18H23N3O4S. The maximum atomic E-state index is 12.3. The van der Waals surface area contributed by atoms with E-state index in [9.17, 15) is 4.79 Å². The van der Waals surface area contributed by atoms with Crippen LogP contribution >= 0.6 is 11.8 Å². The largest absolute Gasteiger partial charge is 0.497 e. The van der Waals surface area contributed by atoms with E-state index in [4.69, 9.17) is 13.9 Å². The highest BCUT2D eigenvalue weighted by atomic mass is 32.2. The highest BCUT2D eigenvalue weighted by Gasteiger charge is 2.21. The highest BCUT2D eigenvalue weighted by Crippen LogP contribution is 2.30. The Morgan fingerprint density at radius 1 is 1.27 bits per heavy atom. The smallest absolute Gasteiger partial charge is 0.277 e. The van der Waals surface area contributed by atoms with E-state index in [1.807, 2.05) is 4.90 Å². The lowest BCUT2D eigenvalue weighted by atomic mass is 10.0. The van der Waals surface area contributed by atoms with Gasteiger partial charge in [0.1, 0.15) is 11.5 Å². The topological polar surface area (TPSA) is 77.7 Å². The third kappa shape index (κ3) is 4.49. The Labute approximate surface area is 157 Å². The average Bonchev–Trinajstić information content (AvgIpc) is 3.14. The molecule has 3 rings (SSSR count). The second kappa shape index (κ2) is 8.44. The Morgan fingerprint density at radius 3 is 2.65 bits per heavy atom. The number of methoxy groups -OCH3 is 2. The van der Waals surface area contributed by atoms with Crippen LogP contribution in [0.5, 0.6) is 11.5 Å².